The lowest BCUT2D eigenvalue weighted by atomic mass is 10.0. The first-order valence-electron chi connectivity index (χ1n) is 5.57. The summed E-state index contributed by atoms with van der Waals surface area (Å²) in [5.41, 5.74) is 0. The second kappa shape index (κ2) is 5.35. The summed E-state index contributed by atoms with van der Waals surface area (Å²) in [6.07, 6.45) is 2.88. The average Bonchev–Trinajstić information content (AvgIpc) is 2.17. The van der Waals surface area contributed by atoms with E-state index >= 15 is 0 Å². The predicted molar refractivity (Wildman–Crippen MR) is 58.1 cm³/mol. The van der Waals surface area contributed by atoms with Crippen molar-refractivity contribution in [3.05, 3.63) is 0 Å². The maximum Gasteiger partial charge on any atom is 0.222 e. The van der Waals surface area contributed by atoms with Crippen molar-refractivity contribution in [2.75, 3.05) is 20.1 Å². The molecule has 3 heteroatoms. The Labute approximate surface area is 86.9 Å². The van der Waals surface area contributed by atoms with E-state index < -0.39 is 0 Å². The Kier molecular flexibility index (Phi) is 4.39. The third-order valence-corrected chi connectivity index (χ3v) is 2.83. The summed E-state index contributed by atoms with van der Waals surface area (Å²) in [4.78, 5) is 13.7. The summed E-state index contributed by atoms with van der Waals surface area (Å²) in [7, 11) is 1.95. The van der Waals surface area contributed by atoms with Gasteiger partial charge in [0, 0.05) is 19.5 Å². The van der Waals surface area contributed by atoms with Crippen molar-refractivity contribution in [3.8, 4) is 0 Å². The van der Waals surface area contributed by atoms with Crippen LogP contribution in [-0.2, 0) is 4.79 Å². The van der Waals surface area contributed by atoms with Crippen LogP contribution in [0.1, 0.15) is 33.1 Å². The van der Waals surface area contributed by atoms with E-state index in [0.29, 0.717) is 24.3 Å². The van der Waals surface area contributed by atoms with E-state index in [1.807, 2.05) is 11.9 Å². The number of nitrogens with one attached hydrogen (secondary N) is 1. The highest BCUT2D eigenvalue weighted by atomic mass is 16.2. The van der Waals surface area contributed by atoms with Gasteiger partial charge in [-0.2, -0.15) is 0 Å². The Morgan fingerprint density at radius 3 is 2.50 bits per heavy atom. The third kappa shape index (κ3) is 3.29. The molecule has 1 aliphatic heterocycles. The van der Waals surface area contributed by atoms with Crippen LogP contribution in [0.5, 0.6) is 0 Å². The van der Waals surface area contributed by atoms with Crippen LogP contribution >= 0.6 is 0 Å². The van der Waals surface area contributed by atoms with Crippen molar-refractivity contribution >= 4 is 5.91 Å². The maximum absolute atomic E-state index is 11.8. The van der Waals surface area contributed by atoms with Gasteiger partial charge < -0.3 is 10.2 Å². The molecule has 0 aromatic rings. The number of rotatable bonds is 3. The second-order valence-electron chi connectivity index (χ2n) is 4.58. The van der Waals surface area contributed by atoms with Gasteiger partial charge in [0.15, 0.2) is 0 Å². The summed E-state index contributed by atoms with van der Waals surface area (Å²) >= 11 is 0. The largest absolute Gasteiger partial charge is 0.343 e. The monoisotopic (exact) mass is 198 g/mol. The average molecular weight is 198 g/mol. The Hall–Kier alpha value is -0.570. The van der Waals surface area contributed by atoms with Crippen molar-refractivity contribution in [1.82, 2.24) is 10.2 Å². The second-order valence-corrected chi connectivity index (χ2v) is 4.58. The molecule has 0 saturated carbocycles. The molecule has 3 nitrogen and oxygen atoms in total. The van der Waals surface area contributed by atoms with Crippen LogP contribution in [0.15, 0.2) is 0 Å². The zero-order chi connectivity index (χ0) is 10.6. The van der Waals surface area contributed by atoms with Crippen LogP contribution < -0.4 is 5.32 Å². The van der Waals surface area contributed by atoms with Crippen molar-refractivity contribution in [1.29, 1.82) is 0 Å². The molecule has 0 radical (unpaired) electrons. The number of amides is 1. The molecule has 1 amide bonds. The quantitative estimate of drug-likeness (QED) is 0.740. The minimum atomic E-state index is 0.298. The van der Waals surface area contributed by atoms with Crippen LogP contribution in [0.2, 0.25) is 0 Å². The van der Waals surface area contributed by atoms with Crippen LogP contribution in [0.25, 0.3) is 0 Å². The Morgan fingerprint density at radius 2 is 2.00 bits per heavy atom. The number of carbonyl (C=O) groups is 1. The lowest BCUT2D eigenvalue weighted by molar-refractivity contribution is -0.133. The SMILES string of the molecule is CC(C)CC(=O)N(C)C1CCNCC1. The minimum absolute atomic E-state index is 0.298. The summed E-state index contributed by atoms with van der Waals surface area (Å²) in [6.45, 7) is 6.27. The standard InChI is InChI=1S/C11H22N2O/c1-9(2)8-11(14)13(3)10-4-6-12-7-5-10/h9-10,12H,4-8H2,1-3H3. The molecule has 1 aliphatic rings. The highest BCUT2D eigenvalue weighted by Gasteiger charge is 2.21. The maximum atomic E-state index is 11.8. The third-order valence-electron chi connectivity index (χ3n) is 2.83. The number of nitrogens with zero attached hydrogens (tertiary/aromatic N) is 1. The van der Waals surface area contributed by atoms with E-state index in [1.165, 1.54) is 0 Å². The van der Waals surface area contributed by atoms with Gasteiger partial charge >= 0.3 is 0 Å². The molecule has 1 saturated heterocycles. The molecule has 14 heavy (non-hydrogen) atoms. The lowest BCUT2D eigenvalue weighted by Crippen LogP contribution is -2.44. The molecule has 82 valence electrons. The van der Waals surface area contributed by atoms with Gasteiger partial charge in [0.2, 0.25) is 5.91 Å². The van der Waals surface area contributed by atoms with Crippen LogP contribution in [-0.4, -0.2) is 37.0 Å². The van der Waals surface area contributed by atoms with Crippen LogP contribution in [0.3, 0.4) is 0 Å². The van der Waals surface area contributed by atoms with E-state index in [1.54, 1.807) is 0 Å². The van der Waals surface area contributed by atoms with Gasteiger partial charge in [-0.25, -0.2) is 0 Å². The minimum Gasteiger partial charge on any atom is -0.343 e. The molecule has 1 rings (SSSR count). The Morgan fingerprint density at radius 1 is 1.43 bits per heavy atom. The molecule has 0 aromatic heterocycles. The summed E-state index contributed by atoms with van der Waals surface area (Å²) in [6, 6.07) is 0.461. The van der Waals surface area contributed by atoms with E-state index in [-0.39, 0.29) is 0 Å². The first kappa shape index (κ1) is 11.5. The fraction of sp³-hybridized carbons (Fsp3) is 0.909. The first-order chi connectivity index (χ1) is 6.61. The molecular weight excluding hydrogens is 176 g/mol. The van der Waals surface area contributed by atoms with E-state index in [0.717, 1.165) is 25.9 Å². The fourth-order valence-electron chi connectivity index (χ4n) is 1.89. The molecule has 0 bridgehead atoms. The van der Waals surface area contributed by atoms with Crippen molar-refractivity contribution < 1.29 is 4.79 Å². The number of piperidine rings is 1. The van der Waals surface area contributed by atoms with E-state index in [9.17, 15) is 4.79 Å². The smallest absolute Gasteiger partial charge is 0.222 e. The first-order valence-corrected chi connectivity index (χ1v) is 5.57. The van der Waals surface area contributed by atoms with Gasteiger partial charge in [0.25, 0.3) is 0 Å². The van der Waals surface area contributed by atoms with E-state index in [2.05, 4.69) is 19.2 Å². The summed E-state index contributed by atoms with van der Waals surface area (Å²) in [5, 5.41) is 3.31. The Bertz CT molecular complexity index is 186. The van der Waals surface area contributed by atoms with Gasteiger partial charge in [0.05, 0.1) is 0 Å². The highest BCUT2D eigenvalue weighted by Crippen LogP contribution is 2.12. The van der Waals surface area contributed by atoms with Gasteiger partial charge in [-0.3, -0.25) is 4.79 Å². The molecule has 0 unspecified atom stereocenters. The lowest BCUT2D eigenvalue weighted by Gasteiger charge is -2.32. The fourth-order valence-corrected chi connectivity index (χ4v) is 1.89. The van der Waals surface area contributed by atoms with Crippen molar-refractivity contribution in [2.45, 2.75) is 39.2 Å². The number of carbonyl (C=O) groups excluding carboxylic acids is 1. The highest BCUT2D eigenvalue weighted by molar-refractivity contribution is 5.76. The molecule has 0 atom stereocenters. The summed E-state index contributed by atoms with van der Waals surface area (Å²) in [5.74, 6) is 0.763. The van der Waals surface area contributed by atoms with Crippen molar-refractivity contribution in [2.24, 2.45) is 5.92 Å². The molecule has 1 fully saturated rings. The van der Waals surface area contributed by atoms with Gasteiger partial charge in [-0.1, -0.05) is 13.8 Å². The van der Waals surface area contributed by atoms with Crippen LogP contribution in [0, 0.1) is 5.92 Å². The zero-order valence-corrected chi connectivity index (χ0v) is 9.55. The topological polar surface area (TPSA) is 32.3 Å². The molecule has 0 spiro atoms. The van der Waals surface area contributed by atoms with Crippen molar-refractivity contribution in [3.63, 3.8) is 0 Å². The molecule has 0 aliphatic carbocycles. The predicted octanol–water partition coefficient (Wildman–Crippen LogP) is 1.24. The molecule has 1 heterocycles. The summed E-state index contributed by atoms with van der Waals surface area (Å²) < 4.78 is 0. The van der Waals surface area contributed by atoms with Gasteiger partial charge in [-0.15, -0.1) is 0 Å². The molecule has 1 N–H and O–H groups in total. The zero-order valence-electron chi connectivity index (χ0n) is 9.55. The number of hydrogen-bond acceptors (Lipinski definition) is 2. The molecular formula is C11H22N2O. The number of hydrogen-bond donors (Lipinski definition) is 1. The van der Waals surface area contributed by atoms with Crippen LogP contribution in [0.4, 0.5) is 0 Å². The molecule has 0 aromatic carbocycles. The normalized spacial score (nSPS) is 18.6. The van der Waals surface area contributed by atoms with E-state index in [4.69, 9.17) is 0 Å². The van der Waals surface area contributed by atoms with Gasteiger partial charge in [-0.05, 0) is 31.8 Å². The Balaban J connectivity index is 2.38. The van der Waals surface area contributed by atoms with Gasteiger partial charge in [0.1, 0.15) is 0 Å².